The van der Waals surface area contributed by atoms with Crippen LogP contribution in [0.2, 0.25) is 0 Å². The van der Waals surface area contributed by atoms with Gasteiger partial charge < -0.3 is 4.42 Å². The van der Waals surface area contributed by atoms with Crippen molar-refractivity contribution in [1.29, 1.82) is 0 Å². The topological polar surface area (TPSA) is 91.6 Å². The van der Waals surface area contributed by atoms with Gasteiger partial charge >= 0.3 is 6.55 Å². The summed E-state index contributed by atoms with van der Waals surface area (Å²) in [6, 6.07) is 16.6. The molecule has 0 unspecified atom stereocenters. The van der Waals surface area contributed by atoms with Gasteiger partial charge in [-0.3, -0.25) is 9.36 Å². The molecule has 8 nitrogen and oxygen atoms in total. The van der Waals surface area contributed by atoms with Crippen molar-refractivity contribution in [2.45, 2.75) is 24.1 Å². The summed E-state index contributed by atoms with van der Waals surface area (Å²) in [7, 11) is 0. The molecule has 0 radical (unpaired) electrons. The molecule has 5 aromatic rings. The highest BCUT2D eigenvalue weighted by atomic mass is 32.2. The summed E-state index contributed by atoms with van der Waals surface area (Å²) in [4.78, 5) is 16.9. The van der Waals surface area contributed by atoms with Gasteiger partial charge in [0, 0.05) is 17.8 Å². The Kier molecular flexibility index (Phi) is 5.69. The van der Waals surface area contributed by atoms with Gasteiger partial charge in [0.25, 0.3) is 16.7 Å². The predicted octanol–water partition coefficient (Wildman–Crippen LogP) is 4.38. The number of fused-ring (bicyclic) bond motifs is 1. The SMILES string of the molecule is O=c1c2ccccc2c(-c2nnc(SCc3nccn3C(F)F)o2)nn1Cc1ccccc1. The van der Waals surface area contributed by atoms with Crippen LogP contribution in [0.15, 0.2) is 81.4 Å². The summed E-state index contributed by atoms with van der Waals surface area (Å²) in [5, 5.41) is 13.8. The summed E-state index contributed by atoms with van der Waals surface area (Å²) < 4.78 is 33.9. The van der Waals surface area contributed by atoms with Gasteiger partial charge in [0.2, 0.25) is 0 Å². The van der Waals surface area contributed by atoms with E-state index in [1.807, 2.05) is 30.3 Å². The zero-order chi connectivity index (χ0) is 22.8. The highest BCUT2D eigenvalue weighted by Crippen LogP contribution is 2.28. The van der Waals surface area contributed by atoms with Crippen LogP contribution >= 0.6 is 11.8 Å². The van der Waals surface area contributed by atoms with Crippen LogP contribution in [0.4, 0.5) is 8.78 Å². The molecule has 0 bridgehead atoms. The largest absolute Gasteiger partial charge is 0.409 e. The number of halogens is 2. The van der Waals surface area contributed by atoms with E-state index in [1.54, 1.807) is 24.3 Å². The van der Waals surface area contributed by atoms with Crippen LogP contribution < -0.4 is 5.56 Å². The highest BCUT2D eigenvalue weighted by molar-refractivity contribution is 7.98. The van der Waals surface area contributed by atoms with Crippen molar-refractivity contribution in [2.24, 2.45) is 0 Å². The molecule has 0 amide bonds. The summed E-state index contributed by atoms with van der Waals surface area (Å²) in [5.41, 5.74) is 1.06. The molecule has 0 fully saturated rings. The van der Waals surface area contributed by atoms with Gasteiger partial charge in [-0.2, -0.15) is 13.9 Å². The van der Waals surface area contributed by atoms with E-state index in [0.717, 1.165) is 21.9 Å². The molecule has 5 rings (SSSR count). The maximum absolute atomic E-state index is 13.0. The fourth-order valence-electron chi connectivity index (χ4n) is 3.38. The Hall–Kier alpha value is -3.86. The molecule has 0 aliphatic heterocycles. The first-order chi connectivity index (χ1) is 16.1. The monoisotopic (exact) mass is 466 g/mol. The number of alkyl halides is 2. The fraction of sp³-hybridized carbons (Fsp3) is 0.136. The van der Waals surface area contributed by atoms with Gasteiger partial charge in [-0.25, -0.2) is 9.67 Å². The van der Waals surface area contributed by atoms with E-state index in [4.69, 9.17) is 4.42 Å². The van der Waals surface area contributed by atoms with E-state index in [2.05, 4.69) is 20.3 Å². The van der Waals surface area contributed by atoms with Crippen LogP contribution in [0.25, 0.3) is 22.4 Å². The second kappa shape index (κ2) is 8.94. The van der Waals surface area contributed by atoms with E-state index in [1.165, 1.54) is 17.1 Å². The molecular formula is C22H16F2N6O2S. The minimum atomic E-state index is -2.68. The normalized spacial score (nSPS) is 11.5. The number of hydrogen-bond donors (Lipinski definition) is 0. The third-order valence-corrected chi connectivity index (χ3v) is 5.75. The maximum atomic E-state index is 13.0. The first-order valence-electron chi connectivity index (χ1n) is 9.90. The summed E-state index contributed by atoms with van der Waals surface area (Å²) in [5.74, 6) is 0.447. The van der Waals surface area contributed by atoms with Gasteiger partial charge in [-0.05, 0) is 11.6 Å². The Bertz CT molecular complexity index is 1460. The fourth-order valence-corrected chi connectivity index (χ4v) is 4.09. The van der Waals surface area contributed by atoms with Crippen molar-refractivity contribution in [3.63, 3.8) is 0 Å². The number of aromatic nitrogens is 6. The molecule has 11 heteroatoms. The molecule has 3 heterocycles. The summed E-state index contributed by atoms with van der Waals surface area (Å²) >= 11 is 1.09. The molecule has 0 saturated carbocycles. The predicted molar refractivity (Wildman–Crippen MR) is 118 cm³/mol. The molecular weight excluding hydrogens is 450 g/mol. The first-order valence-corrected chi connectivity index (χ1v) is 10.9. The third kappa shape index (κ3) is 4.27. The van der Waals surface area contributed by atoms with Crippen molar-refractivity contribution >= 4 is 22.5 Å². The summed E-state index contributed by atoms with van der Waals surface area (Å²) in [6.07, 6.45) is 2.53. The quantitative estimate of drug-likeness (QED) is 0.329. The zero-order valence-corrected chi connectivity index (χ0v) is 17.8. The lowest BCUT2D eigenvalue weighted by molar-refractivity contribution is 0.0678. The van der Waals surface area contributed by atoms with E-state index in [9.17, 15) is 13.6 Å². The highest BCUT2D eigenvalue weighted by Gasteiger charge is 2.19. The Morgan fingerprint density at radius 1 is 1.00 bits per heavy atom. The first kappa shape index (κ1) is 21.0. The Morgan fingerprint density at radius 3 is 2.55 bits per heavy atom. The van der Waals surface area contributed by atoms with Crippen molar-refractivity contribution in [3.8, 4) is 11.6 Å². The average molecular weight is 466 g/mol. The average Bonchev–Trinajstić information content (AvgIpc) is 3.50. The van der Waals surface area contributed by atoms with Crippen LogP contribution in [0.5, 0.6) is 0 Å². The lowest BCUT2D eigenvalue weighted by atomic mass is 10.1. The number of thioether (sulfide) groups is 1. The van der Waals surface area contributed by atoms with Crippen molar-refractivity contribution in [3.05, 3.63) is 88.7 Å². The second-order valence-electron chi connectivity index (χ2n) is 7.03. The van der Waals surface area contributed by atoms with Crippen molar-refractivity contribution < 1.29 is 13.2 Å². The molecule has 0 spiro atoms. The molecule has 0 aliphatic carbocycles. The van der Waals surface area contributed by atoms with Gasteiger partial charge in [0.05, 0.1) is 17.7 Å². The third-order valence-electron chi connectivity index (χ3n) is 4.94. The Labute approximate surface area is 189 Å². The van der Waals surface area contributed by atoms with E-state index >= 15 is 0 Å². The molecule has 33 heavy (non-hydrogen) atoms. The van der Waals surface area contributed by atoms with E-state index in [0.29, 0.717) is 16.5 Å². The minimum absolute atomic E-state index is 0.126. The van der Waals surface area contributed by atoms with E-state index < -0.39 is 6.55 Å². The second-order valence-corrected chi connectivity index (χ2v) is 7.96. The molecule has 3 aromatic heterocycles. The number of hydrogen-bond acceptors (Lipinski definition) is 7. The van der Waals surface area contributed by atoms with Gasteiger partial charge in [-0.15, -0.1) is 10.2 Å². The van der Waals surface area contributed by atoms with Crippen molar-refractivity contribution in [2.75, 3.05) is 0 Å². The van der Waals surface area contributed by atoms with Gasteiger partial charge in [0.15, 0.2) is 5.69 Å². The molecule has 0 saturated heterocycles. The van der Waals surface area contributed by atoms with Crippen LogP contribution in [-0.4, -0.2) is 29.5 Å². The van der Waals surface area contributed by atoms with Crippen LogP contribution in [0.1, 0.15) is 17.9 Å². The molecule has 0 N–H and O–H groups in total. The lowest BCUT2D eigenvalue weighted by Crippen LogP contribution is -2.24. The van der Waals surface area contributed by atoms with Crippen LogP contribution in [0, 0.1) is 0 Å². The molecule has 2 aromatic carbocycles. The zero-order valence-electron chi connectivity index (χ0n) is 17.0. The minimum Gasteiger partial charge on any atom is -0.409 e. The molecule has 166 valence electrons. The van der Waals surface area contributed by atoms with Crippen LogP contribution in [0.3, 0.4) is 0 Å². The number of imidazole rings is 1. The number of benzene rings is 2. The Balaban J connectivity index is 1.48. The van der Waals surface area contributed by atoms with Gasteiger partial charge in [-0.1, -0.05) is 60.3 Å². The summed E-state index contributed by atoms with van der Waals surface area (Å²) in [6.45, 7) is -2.40. The number of rotatable bonds is 7. The van der Waals surface area contributed by atoms with Crippen LogP contribution in [-0.2, 0) is 12.3 Å². The Morgan fingerprint density at radius 2 is 1.76 bits per heavy atom. The molecule has 0 aliphatic rings. The standard InChI is InChI=1S/C22H16F2N6O2S/c23-21(24)29-11-10-25-17(29)13-33-22-27-26-19(32-22)18-15-8-4-5-9-16(15)20(31)30(28-18)12-14-6-2-1-3-7-14/h1-11,21H,12-13H2. The van der Waals surface area contributed by atoms with Gasteiger partial charge in [0.1, 0.15) is 5.82 Å². The van der Waals surface area contributed by atoms with E-state index in [-0.39, 0.29) is 34.8 Å². The molecule has 0 atom stereocenters. The maximum Gasteiger partial charge on any atom is 0.319 e. The lowest BCUT2D eigenvalue weighted by Gasteiger charge is -2.09. The van der Waals surface area contributed by atoms with Crippen molar-refractivity contribution in [1.82, 2.24) is 29.5 Å². The smallest absolute Gasteiger partial charge is 0.319 e. The number of nitrogens with zero attached hydrogens (tertiary/aromatic N) is 6.